The van der Waals surface area contributed by atoms with E-state index in [0.29, 0.717) is 25.7 Å². The Bertz CT molecular complexity index is 1330. The Labute approximate surface area is 354 Å². The Morgan fingerprint density at radius 3 is 1.75 bits per heavy atom. The van der Waals surface area contributed by atoms with Crippen molar-refractivity contribution in [1.29, 1.82) is 0 Å². The van der Waals surface area contributed by atoms with Crippen molar-refractivity contribution in [3.05, 3.63) is 97.2 Å². The van der Waals surface area contributed by atoms with Crippen LogP contribution in [0.1, 0.15) is 129 Å². The Balaban J connectivity index is 4.61. The zero-order valence-electron chi connectivity index (χ0n) is 35.6. The highest BCUT2D eigenvalue weighted by Crippen LogP contribution is 2.43. The fourth-order valence-electron chi connectivity index (χ4n) is 5.08. The number of esters is 2. The topological polar surface area (TPSA) is 189 Å². The molecule has 0 aromatic carbocycles. The predicted octanol–water partition coefficient (Wildman–Crippen LogP) is 9.16. The van der Waals surface area contributed by atoms with Crippen molar-refractivity contribution >= 4 is 19.8 Å². The Morgan fingerprint density at radius 1 is 0.593 bits per heavy atom. The molecule has 0 bridgehead atoms. The van der Waals surface area contributed by atoms with Crippen molar-refractivity contribution in [2.45, 2.75) is 154 Å². The van der Waals surface area contributed by atoms with Crippen LogP contribution in [0.4, 0.5) is 0 Å². The van der Waals surface area contributed by atoms with E-state index in [9.17, 15) is 34.4 Å². The van der Waals surface area contributed by atoms with Crippen LogP contribution < -0.4 is 0 Å². The number of carbonyl (C=O) groups is 2. The second-order valence-corrected chi connectivity index (χ2v) is 15.5. The third-order valence-corrected chi connectivity index (χ3v) is 9.38. The number of hydrogen-bond donors (Lipinski definition) is 5. The number of allylic oxidation sites excluding steroid dienone is 14. The number of phosphoric ester groups is 1. The molecule has 0 radical (unpaired) electrons. The van der Waals surface area contributed by atoms with Gasteiger partial charge in [-0.05, 0) is 70.6 Å². The SMILES string of the molecule is CC/C=C\C/C=C\C/C=C\C/C=C\CCCCCCC(=O)O[C@H](COC(=O)CCC[C@@H](O)/C=C/C=C\C/C=C\C=C\[C@@H](O)CCCCC)COP(=O)(O)OC[C@@H](O)CO. The lowest BCUT2D eigenvalue weighted by Crippen LogP contribution is -2.30. The summed E-state index contributed by atoms with van der Waals surface area (Å²) < 4.78 is 32.5. The first kappa shape index (κ1) is 55.8. The van der Waals surface area contributed by atoms with Gasteiger partial charge in [-0.25, -0.2) is 4.57 Å². The van der Waals surface area contributed by atoms with Crippen molar-refractivity contribution in [1.82, 2.24) is 0 Å². The van der Waals surface area contributed by atoms with Crippen LogP contribution in [-0.4, -0.2) is 88.1 Å². The number of hydrogen-bond acceptors (Lipinski definition) is 11. The molecule has 0 aliphatic carbocycles. The molecule has 0 aliphatic rings. The van der Waals surface area contributed by atoms with Gasteiger partial charge in [-0.2, -0.15) is 0 Å². The summed E-state index contributed by atoms with van der Waals surface area (Å²) in [5.41, 5.74) is 0. The second kappa shape index (κ2) is 40.2. The molecule has 0 aromatic heterocycles. The number of phosphoric acid groups is 1. The molecule has 5 atom stereocenters. The molecule has 0 saturated heterocycles. The molecule has 0 amide bonds. The minimum Gasteiger partial charge on any atom is -0.462 e. The van der Waals surface area contributed by atoms with Gasteiger partial charge in [0.25, 0.3) is 0 Å². The summed E-state index contributed by atoms with van der Waals surface area (Å²) in [4.78, 5) is 35.0. The third-order valence-electron chi connectivity index (χ3n) is 8.43. The molecule has 0 saturated carbocycles. The average Bonchev–Trinajstić information content (AvgIpc) is 3.21. The van der Waals surface area contributed by atoms with Crippen molar-refractivity contribution < 1.29 is 58.0 Å². The Kier molecular flexibility index (Phi) is 38.1. The molecule has 0 rings (SSSR count). The first-order chi connectivity index (χ1) is 28.5. The van der Waals surface area contributed by atoms with Gasteiger partial charge in [-0.15, -0.1) is 0 Å². The van der Waals surface area contributed by atoms with Gasteiger partial charge in [-0.1, -0.05) is 143 Å². The molecular formula is C46H75O12P. The molecule has 0 aliphatic heterocycles. The van der Waals surface area contributed by atoms with Crippen LogP contribution in [0.15, 0.2) is 97.2 Å². The molecule has 5 N–H and O–H groups in total. The zero-order valence-corrected chi connectivity index (χ0v) is 36.5. The maximum Gasteiger partial charge on any atom is 0.472 e. The summed E-state index contributed by atoms with van der Waals surface area (Å²) in [7, 11) is -4.69. The lowest BCUT2D eigenvalue weighted by molar-refractivity contribution is -0.161. The number of unbranched alkanes of at least 4 members (excludes halogenated alkanes) is 6. The average molecular weight is 851 g/mol. The van der Waals surface area contributed by atoms with Crippen LogP contribution >= 0.6 is 7.82 Å². The number of aliphatic hydroxyl groups is 4. The van der Waals surface area contributed by atoms with E-state index in [0.717, 1.165) is 77.0 Å². The standard InChI is InChI=1S/C46H75O12P/c1-3-5-7-8-9-10-11-12-13-14-15-16-17-18-22-25-29-35-46(52)58-44(40-57-59(53,54)56-38-43(50)37-47)39-55-45(51)36-30-34-42(49)33-28-24-21-19-20-23-27-32-41(48)31-26-6-4-2/h5,7,9-10,12-13,15-16,20-21,23-24,27-28,32-33,41-44,47-50H,3-4,6,8,11,14,17-19,22,25-26,29-31,34-40H2,1-2H3,(H,53,54)/b7-5-,10-9-,13-12-,16-15-,23-20-,24-21-,32-27+,33-28+/t41-,42-,43-,44+/m0/s1. The van der Waals surface area contributed by atoms with Crippen LogP contribution in [0.5, 0.6) is 0 Å². The largest absolute Gasteiger partial charge is 0.472 e. The number of carbonyl (C=O) groups excluding carboxylic acids is 2. The predicted molar refractivity (Wildman–Crippen MR) is 235 cm³/mol. The smallest absolute Gasteiger partial charge is 0.462 e. The molecule has 0 heterocycles. The first-order valence-corrected chi connectivity index (χ1v) is 22.9. The third kappa shape index (κ3) is 40.0. The molecule has 336 valence electrons. The molecule has 1 unspecified atom stereocenters. The van der Waals surface area contributed by atoms with Crippen molar-refractivity contribution in [3.8, 4) is 0 Å². The van der Waals surface area contributed by atoms with Crippen LogP contribution in [0.3, 0.4) is 0 Å². The van der Waals surface area contributed by atoms with Gasteiger partial charge in [0, 0.05) is 12.8 Å². The number of rotatable bonds is 38. The fraction of sp³-hybridized carbons (Fsp3) is 0.609. The molecule has 0 spiro atoms. The van der Waals surface area contributed by atoms with E-state index >= 15 is 0 Å². The van der Waals surface area contributed by atoms with Crippen molar-refractivity contribution in [2.75, 3.05) is 26.4 Å². The van der Waals surface area contributed by atoms with E-state index in [-0.39, 0.29) is 12.8 Å². The van der Waals surface area contributed by atoms with Crippen molar-refractivity contribution in [2.24, 2.45) is 0 Å². The molecule has 13 heteroatoms. The van der Waals surface area contributed by atoms with Crippen LogP contribution in [-0.2, 0) is 32.7 Å². The van der Waals surface area contributed by atoms with Gasteiger partial charge in [0.15, 0.2) is 6.10 Å². The Hall–Kier alpha value is -3.19. The van der Waals surface area contributed by atoms with E-state index in [1.165, 1.54) is 0 Å². The maximum absolute atomic E-state index is 12.6. The highest BCUT2D eigenvalue weighted by molar-refractivity contribution is 7.47. The molecule has 0 aromatic rings. The van der Waals surface area contributed by atoms with Gasteiger partial charge in [0.1, 0.15) is 12.7 Å². The summed E-state index contributed by atoms with van der Waals surface area (Å²) in [5, 5.41) is 38.5. The Morgan fingerprint density at radius 2 is 1.14 bits per heavy atom. The summed E-state index contributed by atoms with van der Waals surface area (Å²) in [6, 6.07) is 0. The maximum atomic E-state index is 12.6. The van der Waals surface area contributed by atoms with Crippen molar-refractivity contribution in [3.63, 3.8) is 0 Å². The van der Waals surface area contributed by atoms with E-state index in [1.54, 1.807) is 18.2 Å². The minimum atomic E-state index is -4.69. The lowest BCUT2D eigenvalue weighted by atomic mass is 10.1. The van der Waals surface area contributed by atoms with Gasteiger partial charge in [-0.3, -0.25) is 18.6 Å². The van der Waals surface area contributed by atoms with Crippen LogP contribution in [0.25, 0.3) is 0 Å². The summed E-state index contributed by atoms with van der Waals surface area (Å²) in [6.07, 6.45) is 41.5. The lowest BCUT2D eigenvalue weighted by Gasteiger charge is -2.20. The van der Waals surface area contributed by atoms with Crippen LogP contribution in [0, 0.1) is 0 Å². The molecule has 12 nitrogen and oxygen atoms in total. The van der Waals surface area contributed by atoms with E-state index in [4.69, 9.17) is 19.1 Å². The quantitative estimate of drug-likeness (QED) is 0.0130. The van der Waals surface area contributed by atoms with Gasteiger partial charge in [0.2, 0.25) is 0 Å². The molecule has 0 fully saturated rings. The second-order valence-electron chi connectivity index (χ2n) is 14.0. The normalized spacial score (nSPS) is 15.8. The van der Waals surface area contributed by atoms with Gasteiger partial charge >= 0.3 is 19.8 Å². The number of ether oxygens (including phenoxy) is 2. The minimum absolute atomic E-state index is 0.0184. The van der Waals surface area contributed by atoms with E-state index < -0.39 is 70.6 Å². The summed E-state index contributed by atoms with van der Waals surface area (Å²) in [5.74, 6) is -1.19. The van der Waals surface area contributed by atoms with E-state index in [1.807, 2.05) is 30.4 Å². The molecule has 59 heavy (non-hydrogen) atoms. The zero-order chi connectivity index (χ0) is 43.7. The van der Waals surface area contributed by atoms with Crippen LogP contribution in [0.2, 0.25) is 0 Å². The molecular weight excluding hydrogens is 775 g/mol. The highest BCUT2D eigenvalue weighted by atomic mass is 31.2. The highest BCUT2D eigenvalue weighted by Gasteiger charge is 2.27. The summed E-state index contributed by atoms with van der Waals surface area (Å²) in [6.45, 7) is 1.85. The van der Waals surface area contributed by atoms with Gasteiger partial charge < -0.3 is 34.8 Å². The van der Waals surface area contributed by atoms with E-state index in [2.05, 4.69) is 67.0 Å². The van der Waals surface area contributed by atoms with Gasteiger partial charge in [0.05, 0.1) is 32.0 Å². The monoisotopic (exact) mass is 850 g/mol. The summed E-state index contributed by atoms with van der Waals surface area (Å²) >= 11 is 0. The number of aliphatic hydroxyl groups excluding tert-OH is 4. The first-order valence-electron chi connectivity index (χ1n) is 21.4. The fourth-order valence-corrected chi connectivity index (χ4v) is 5.87.